The zero-order valence-corrected chi connectivity index (χ0v) is 12.7. The van der Waals surface area contributed by atoms with E-state index in [2.05, 4.69) is 11.3 Å². The van der Waals surface area contributed by atoms with E-state index in [0.717, 1.165) is 24.0 Å². The highest BCUT2D eigenvalue weighted by molar-refractivity contribution is 5.30. The van der Waals surface area contributed by atoms with E-state index in [9.17, 15) is 13.2 Å². The van der Waals surface area contributed by atoms with E-state index in [1.807, 2.05) is 18.2 Å². The molecule has 0 N–H and O–H groups in total. The molecule has 0 aliphatic carbocycles. The lowest BCUT2D eigenvalue weighted by Crippen LogP contribution is -2.01. The van der Waals surface area contributed by atoms with E-state index < -0.39 is 12.8 Å². The van der Waals surface area contributed by atoms with Crippen LogP contribution in [0.5, 0.6) is 5.75 Å². The molecule has 0 aliphatic rings. The zero-order valence-electron chi connectivity index (χ0n) is 12.7. The van der Waals surface area contributed by atoms with E-state index in [0.29, 0.717) is 12.0 Å². The van der Waals surface area contributed by atoms with Crippen LogP contribution in [0.3, 0.4) is 0 Å². The van der Waals surface area contributed by atoms with Crippen molar-refractivity contribution < 1.29 is 17.9 Å². The Morgan fingerprint density at radius 3 is 2.30 bits per heavy atom. The van der Waals surface area contributed by atoms with Crippen LogP contribution in [0.4, 0.5) is 13.2 Å². The van der Waals surface area contributed by atoms with Gasteiger partial charge in [0.05, 0.1) is 0 Å². The zero-order chi connectivity index (χ0) is 16.7. The Kier molecular flexibility index (Phi) is 6.27. The fourth-order valence-corrected chi connectivity index (χ4v) is 2.35. The van der Waals surface area contributed by atoms with Crippen LogP contribution in [0.25, 0.3) is 0 Å². The van der Waals surface area contributed by atoms with Crippen molar-refractivity contribution in [1.29, 1.82) is 0 Å². The van der Waals surface area contributed by atoms with Gasteiger partial charge in [0.2, 0.25) is 0 Å². The summed E-state index contributed by atoms with van der Waals surface area (Å²) < 4.78 is 42.4. The van der Waals surface area contributed by atoms with Crippen molar-refractivity contribution in [2.75, 3.05) is 0 Å². The van der Waals surface area contributed by atoms with E-state index in [4.69, 9.17) is 0 Å². The lowest BCUT2D eigenvalue weighted by Gasteiger charge is -2.09. The Morgan fingerprint density at radius 2 is 1.65 bits per heavy atom. The van der Waals surface area contributed by atoms with Crippen LogP contribution in [0.15, 0.2) is 61.2 Å². The summed E-state index contributed by atoms with van der Waals surface area (Å²) >= 11 is 0. The smallest absolute Gasteiger partial charge is 0.387 e. The van der Waals surface area contributed by atoms with Crippen LogP contribution in [0, 0.1) is 0 Å². The first-order valence-corrected chi connectivity index (χ1v) is 7.46. The van der Waals surface area contributed by atoms with Gasteiger partial charge in [0.25, 0.3) is 0 Å². The second kappa shape index (κ2) is 8.42. The van der Waals surface area contributed by atoms with E-state index >= 15 is 0 Å². The van der Waals surface area contributed by atoms with Crippen molar-refractivity contribution in [3.63, 3.8) is 0 Å². The van der Waals surface area contributed by atoms with Crippen molar-refractivity contribution >= 4 is 0 Å². The molecule has 122 valence electrons. The second-order valence-electron chi connectivity index (χ2n) is 5.26. The fraction of sp³-hybridized carbons (Fsp3) is 0.263. The first-order chi connectivity index (χ1) is 11.1. The summed E-state index contributed by atoms with van der Waals surface area (Å²) in [6.45, 7) is 0.740. The molecule has 1 unspecified atom stereocenters. The maximum Gasteiger partial charge on any atom is 0.387 e. The van der Waals surface area contributed by atoms with Gasteiger partial charge in [-0.25, -0.2) is 4.39 Å². The summed E-state index contributed by atoms with van der Waals surface area (Å²) in [5.41, 5.74) is 2.71. The molecule has 2 aromatic carbocycles. The number of halogens is 3. The van der Waals surface area contributed by atoms with Gasteiger partial charge in [0.15, 0.2) is 0 Å². The lowest BCUT2D eigenvalue weighted by atomic mass is 10.00. The standard InChI is InChI=1S/C19H19F3O/c1-2-4-18(20)16-6-3-5-15(13-16)8-7-14-9-11-17(12-10-14)23-19(21)22/h2-3,5-6,9-13,18-19H,1,4,7-8H2. The molecule has 0 aliphatic heterocycles. The third kappa shape index (κ3) is 5.47. The Labute approximate surface area is 134 Å². The van der Waals surface area contributed by atoms with Gasteiger partial charge >= 0.3 is 6.61 Å². The molecule has 2 aromatic rings. The average Bonchev–Trinajstić information content (AvgIpc) is 2.54. The molecule has 0 saturated carbocycles. The highest BCUT2D eigenvalue weighted by atomic mass is 19.3. The van der Waals surface area contributed by atoms with Gasteiger partial charge in [-0.15, -0.1) is 6.58 Å². The Hall–Kier alpha value is -2.23. The van der Waals surface area contributed by atoms with Crippen molar-refractivity contribution in [2.45, 2.75) is 32.0 Å². The van der Waals surface area contributed by atoms with Crippen molar-refractivity contribution in [3.05, 3.63) is 77.9 Å². The molecule has 0 saturated heterocycles. The molecular weight excluding hydrogens is 301 g/mol. The average molecular weight is 320 g/mol. The lowest BCUT2D eigenvalue weighted by molar-refractivity contribution is -0.0498. The van der Waals surface area contributed by atoms with E-state index in [-0.39, 0.29) is 5.75 Å². The maximum absolute atomic E-state index is 13.9. The van der Waals surface area contributed by atoms with Gasteiger partial charge < -0.3 is 4.74 Å². The number of hydrogen-bond acceptors (Lipinski definition) is 1. The third-order valence-corrected chi connectivity index (χ3v) is 3.54. The molecule has 1 nitrogen and oxygen atoms in total. The number of aryl methyl sites for hydroxylation is 2. The fourth-order valence-electron chi connectivity index (χ4n) is 2.35. The molecule has 0 heterocycles. The number of hydrogen-bond donors (Lipinski definition) is 0. The summed E-state index contributed by atoms with van der Waals surface area (Å²) in [7, 11) is 0. The monoisotopic (exact) mass is 320 g/mol. The van der Waals surface area contributed by atoms with Crippen LogP contribution in [-0.4, -0.2) is 6.61 Å². The summed E-state index contributed by atoms with van der Waals surface area (Å²) in [5, 5.41) is 0. The summed E-state index contributed by atoms with van der Waals surface area (Å²) in [6.07, 6.45) is 2.34. The predicted molar refractivity (Wildman–Crippen MR) is 85.6 cm³/mol. The summed E-state index contributed by atoms with van der Waals surface area (Å²) in [6, 6.07) is 14.0. The minimum absolute atomic E-state index is 0.149. The largest absolute Gasteiger partial charge is 0.435 e. The molecule has 0 fully saturated rings. The van der Waals surface area contributed by atoms with Gasteiger partial charge in [0.1, 0.15) is 11.9 Å². The normalized spacial score (nSPS) is 12.2. The molecule has 23 heavy (non-hydrogen) atoms. The summed E-state index contributed by atoms with van der Waals surface area (Å²) in [5.74, 6) is 0.149. The van der Waals surface area contributed by atoms with Crippen molar-refractivity contribution in [1.82, 2.24) is 0 Å². The molecule has 4 heteroatoms. The molecule has 0 bridgehead atoms. The van der Waals surface area contributed by atoms with Crippen molar-refractivity contribution in [2.24, 2.45) is 0 Å². The Morgan fingerprint density at radius 1 is 0.957 bits per heavy atom. The van der Waals surface area contributed by atoms with Gasteiger partial charge in [-0.2, -0.15) is 8.78 Å². The maximum atomic E-state index is 13.9. The summed E-state index contributed by atoms with van der Waals surface area (Å²) in [4.78, 5) is 0. The molecule has 0 aromatic heterocycles. The SMILES string of the molecule is C=CCC(F)c1cccc(CCc2ccc(OC(F)F)cc2)c1. The molecule has 1 atom stereocenters. The number of rotatable bonds is 8. The van der Waals surface area contributed by atoms with Gasteiger partial charge in [-0.3, -0.25) is 0 Å². The quantitative estimate of drug-likeness (QED) is 0.570. The molecule has 0 spiro atoms. The third-order valence-electron chi connectivity index (χ3n) is 3.54. The minimum Gasteiger partial charge on any atom is -0.435 e. The Balaban J connectivity index is 1.95. The molecule has 2 rings (SSSR count). The number of allylic oxidation sites excluding steroid dienone is 1. The predicted octanol–water partition coefficient (Wildman–Crippen LogP) is 5.66. The highest BCUT2D eigenvalue weighted by Crippen LogP contribution is 2.23. The first-order valence-electron chi connectivity index (χ1n) is 7.46. The van der Waals surface area contributed by atoms with Gasteiger partial charge in [0, 0.05) is 6.42 Å². The molecule has 0 radical (unpaired) electrons. The molecular formula is C19H19F3O. The van der Waals surface area contributed by atoms with Gasteiger partial charge in [-0.1, -0.05) is 42.5 Å². The van der Waals surface area contributed by atoms with E-state index in [1.165, 1.54) is 12.1 Å². The van der Waals surface area contributed by atoms with Crippen molar-refractivity contribution in [3.8, 4) is 5.75 Å². The van der Waals surface area contributed by atoms with Crippen LogP contribution in [0.2, 0.25) is 0 Å². The highest BCUT2D eigenvalue weighted by Gasteiger charge is 2.08. The number of benzene rings is 2. The number of ether oxygens (including phenoxy) is 1. The minimum atomic E-state index is -2.81. The first kappa shape index (κ1) is 17.1. The van der Waals surface area contributed by atoms with E-state index in [1.54, 1.807) is 24.3 Å². The topological polar surface area (TPSA) is 9.23 Å². The van der Waals surface area contributed by atoms with Crippen LogP contribution in [0.1, 0.15) is 29.3 Å². The second-order valence-corrected chi connectivity index (χ2v) is 5.26. The Bertz CT molecular complexity index is 623. The van der Waals surface area contributed by atoms with Crippen LogP contribution < -0.4 is 4.74 Å². The molecule has 0 amide bonds. The van der Waals surface area contributed by atoms with Crippen LogP contribution in [-0.2, 0) is 12.8 Å². The number of alkyl halides is 3. The van der Waals surface area contributed by atoms with Crippen LogP contribution >= 0.6 is 0 Å². The van der Waals surface area contributed by atoms with Gasteiger partial charge in [-0.05, 0) is 41.7 Å².